The van der Waals surface area contributed by atoms with Crippen LogP contribution in [0.3, 0.4) is 0 Å². The fraction of sp³-hybridized carbons (Fsp3) is 0.143. The molecule has 0 fully saturated rings. The molecule has 2 rings (SSSR count). The average molecular weight is 342 g/mol. The molecule has 8 heteroatoms. The maximum atomic E-state index is 12.6. The molecule has 0 aliphatic heterocycles. The van der Waals surface area contributed by atoms with E-state index in [2.05, 4.69) is 5.32 Å². The number of hydrogen-bond acceptors (Lipinski definition) is 4. The summed E-state index contributed by atoms with van der Waals surface area (Å²) in [5, 5.41) is 13.5. The van der Waals surface area contributed by atoms with Crippen LogP contribution in [0.1, 0.15) is 11.1 Å². The fourth-order valence-corrected chi connectivity index (χ4v) is 3.08. The van der Waals surface area contributed by atoms with Gasteiger partial charge in [-0.05, 0) is 29.6 Å². The van der Waals surface area contributed by atoms with E-state index in [1.165, 1.54) is 23.5 Å². The van der Waals surface area contributed by atoms with Crippen LogP contribution in [0.15, 0.2) is 40.6 Å². The minimum Gasteiger partial charge on any atom is -0.316 e. The lowest BCUT2D eigenvalue weighted by molar-refractivity contribution is -0.137. The quantitative estimate of drug-likeness (QED) is 0.840. The number of amides is 1. The summed E-state index contributed by atoms with van der Waals surface area (Å²) >= 11 is 2.22. The molecule has 1 N–H and O–H groups in total. The molecule has 0 radical (unpaired) electrons. The maximum absolute atomic E-state index is 12.6. The monoisotopic (exact) mass is 342 g/mol. The van der Waals surface area contributed by atoms with Crippen molar-refractivity contribution >= 4 is 34.0 Å². The smallest absolute Gasteiger partial charge is 0.316 e. The average Bonchev–Trinajstić information content (AvgIpc) is 2.91. The second-order valence-electron chi connectivity index (χ2n) is 4.14. The predicted molar refractivity (Wildman–Crippen MR) is 79.8 cm³/mol. The topological polar surface area (TPSA) is 52.9 Å². The Labute approximate surface area is 132 Å². The van der Waals surface area contributed by atoms with E-state index in [0.717, 1.165) is 23.9 Å². The number of nitrogens with zero attached hydrogens (tertiary/aromatic N) is 1. The van der Waals surface area contributed by atoms with E-state index >= 15 is 0 Å². The molecule has 0 unspecified atom stereocenters. The lowest BCUT2D eigenvalue weighted by atomic mass is 10.2. The molecular formula is C14H9F3N2OS2. The molecule has 114 valence electrons. The molecule has 0 bridgehead atoms. The van der Waals surface area contributed by atoms with E-state index < -0.39 is 11.7 Å². The van der Waals surface area contributed by atoms with Crippen LogP contribution in [0.2, 0.25) is 0 Å². The first kappa shape index (κ1) is 16.4. The highest BCUT2D eigenvalue weighted by Crippen LogP contribution is 2.32. The highest BCUT2D eigenvalue weighted by molar-refractivity contribution is 8.00. The van der Waals surface area contributed by atoms with Crippen LogP contribution in [-0.4, -0.2) is 11.7 Å². The van der Waals surface area contributed by atoms with Gasteiger partial charge in [0.25, 0.3) is 0 Å². The van der Waals surface area contributed by atoms with Crippen molar-refractivity contribution < 1.29 is 18.0 Å². The fourth-order valence-electron chi connectivity index (χ4n) is 1.57. The minimum absolute atomic E-state index is 0.0376. The molecule has 2 aromatic rings. The Hall–Kier alpha value is -1.98. The van der Waals surface area contributed by atoms with Gasteiger partial charge in [0.15, 0.2) is 0 Å². The number of benzene rings is 1. The molecule has 22 heavy (non-hydrogen) atoms. The van der Waals surface area contributed by atoms with Crippen LogP contribution in [0.4, 0.5) is 18.2 Å². The van der Waals surface area contributed by atoms with Crippen LogP contribution in [-0.2, 0) is 11.0 Å². The Morgan fingerprint density at radius 3 is 2.82 bits per heavy atom. The lowest BCUT2D eigenvalue weighted by Gasteiger charge is -2.08. The third-order valence-corrected chi connectivity index (χ3v) is 4.39. The van der Waals surface area contributed by atoms with Crippen LogP contribution >= 0.6 is 23.1 Å². The second-order valence-corrected chi connectivity index (χ2v) is 6.10. The van der Waals surface area contributed by atoms with E-state index in [1.807, 2.05) is 6.07 Å². The van der Waals surface area contributed by atoms with E-state index in [4.69, 9.17) is 5.26 Å². The molecule has 1 aromatic heterocycles. The lowest BCUT2D eigenvalue weighted by Crippen LogP contribution is -2.13. The predicted octanol–water partition coefficient (Wildman–Crippen LogP) is 4.37. The van der Waals surface area contributed by atoms with Crippen molar-refractivity contribution in [2.24, 2.45) is 0 Å². The van der Waals surface area contributed by atoms with Gasteiger partial charge in [-0.2, -0.15) is 18.4 Å². The normalized spacial score (nSPS) is 11.0. The zero-order chi connectivity index (χ0) is 16.2. The van der Waals surface area contributed by atoms with Crippen molar-refractivity contribution in [1.82, 2.24) is 0 Å². The summed E-state index contributed by atoms with van der Waals surface area (Å²) in [6.45, 7) is 0. The van der Waals surface area contributed by atoms with Gasteiger partial charge in [-0.3, -0.25) is 4.79 Å². The molecular weight excluding hydrogens is 333 g/mol. The number of alkyl halides is 3. The first-order valence-corrected chi connectivity index (χ1v) is 7.84. The Bertz CT molecular complexity index is 719. The van der Waals surface area contributed by atoms with Gasteiger partial charge in [0.2, 0.25) is 5.91 Å². The van der Waals surface area contributed by atoms with Crippen molar-refractivity contribution in [3.8, 4) is 6.07 Å². The molecule has 1 heterocycles. The Morgan fingerprint density at radius 2 is 2.14 bits per heavy atom. The Balaban J connectivity index is 1.96. The molecule has 1 aromatic carbocycles. The van der Waals surface area contributed by atoms with E-state index in [1.54, 1.807) is 11.4 Å². The summed E-state index contributed by atoms with van der Waals surface area (Å²) in [7, 11) is 0. The highest BCUT2D eigenvalue weighted by Gasteiger charge is 2.30. The largest absolute Gasteiger partial charge is 0.416 e. The third kappa shape index (κ3) is 4.26. The van der Waals surface area contributed by atoms with E-state index in [9.17, 15) is 18.0 Å². The Morgan fingerprint density at radius 1 is 1.36 bits per heavy atom. The van der Waals surface area contributed by atoms with Gasteiger partial charge >= 0.3 is 6.18 Å². The number of halogens is 3. The van der Waals surface area contributed by atoms with Gasteiger partial charge in [-0.15, -0.1) is 23.1 Å². The van der Waals surface area contributed by atoms with Crippen molar-refractivity contribution in [3.05, 3.63) is 46.8 Å². The number of thiophene rings is 1. The number of thioether (sulfide) groups is 1. The molecule has 0 spiro atoms. The molecule has 3 nitrogen and oxygen atoms in total. The number of nitriles is 1. The van der Waals surface area contributed by atoms with Crippen molar-refractivity contribution in [2.45, 2.75) is 11.1 Å². The van der Waals surface area contributed by atoms with Gasteiger partial charge < -0.3 is 5.32 Å². The summed E-state index contributed by atoms with van der Waals surface area (Å²) in [4.78, 5) is 12.1. The van der Waals surface area contributed by atoms with Crippen molar-refractivity contribution in [1.29, 1.82) is 5.26 Å². The summed E-state index contributed by atoms with van der Waals surface area (Å²) in [6, 6.07) is 8.33. The molecule has 0 saturated carbocycles. The number of anilines is 1. The van der Waals surface area contributed by atoms with Gasteiger partial charge in [0.05, 0.1) is 16.9 Å². The summed E-state index contributed by atoms with van der Waals surface area (Å²) < 4.78 is 37.8. The van der Waals surface area contributed by atoms with Crippen LogP contribution in [0, 0.1) is 11.3 Å². The number of nitrogens with one attached hydrogen (secondary N) is 1. The molecule has 0 aliphatic carbocycles. The minimum atomic E-state index is -4.41. The van der Waals surface area contributed by atoms with Gasteiger partial charge in [-0.1, -0.05) is 6.07 Å². The maximum Gasteiger partial charge on any atom is 0.416 e. The summed E-state index contributed by atoms with van der Waals surface area (Å²) in [6.07, 6.45) is -4.41. The van der Waals surface area contributed by atoms with E-state index in [0.29, 0.717) is 15.5 Å². The standard InChI is InChI=1S/C14H9F3N2OS2/c15-14(16,17)10-2-1-3-11(6-10)22-8-12(20)19-13-9(7-18)4-5-21-13/h1-6H,8H2,(H,19,20). The van der Waals surface area contributed by atoms with Crippen LogP contribution in [0.25, 0.3) is 0 Å². The first-order valence-electron chi connectivity index (χ1n) is 5.97. The van der Waals surface area contributed by atoms with Gasteiger partial charge in [0, 0.05) is 4.90 Å². The summed E-state index contributed by atoms with van der Waals surface area (Å²) in [5.41, 5.74) is -0.384. The van der Waals surface area contributed by atoms with Crippen LogP contribution in [0.5, 0.6) is 0 Å². The van der Waals surface area contributed by atoms with Gasteiger partial charge in [-0.25, -0.2) is 0 Å². The third-order valence-electron chi connectivity index (χ3n) is 2.57. The number of hydrogen-bond donors (Lipinski definition) is 1. The van der Waals surface area contributed by atoms with Crippen molar-refractivity contribution in [3.63, 3.8) is 0 Å². The number of rotatable bonds is 4. The highest BCUT2D eigenvalue weighted by atomic mass is 32.2. The first-order chi connectivity index (χ1) is 10.4. The van der Waals surface area contributed by atoms with E-state index in [-0.39, 0.29) is 11.7 Å². The SMILES string of the molecule is N#Cc1ccsc1NC(=O)CSc1cccc(C(F)(F)F)c1. The second kappa shape index (κ2) is 6.85. The summed E-state index contributed by atoms with van der Waals surface area (Å²) in [5.74, 6) is -0.411. The van der Waals surface area contributed by atoms with Gasteiger partial charge in [0.1, 0.15) is 11.1 Å². The molecule has 0 saturated heterocycles. The molecule has 1 amide bonds. The zero-order valence-electron chi connectivity index (χ0n) is 11.0. The molecule has 0 atom stereocenters. The Kier molecular flexibility index (Phi) is 5.11. The van der Waals surface area contributed by atoms with Crippen molar-refractivity contribution in [2.75, 3.05) is 11.1 Å². The number of carbonyl (C=O) groups is 1. The molecule has 0 aliphatic rings. The number of carbonyl (C=O) groups excluding carboxylic acids is 1. The zero-order valence-corrected chi connectivity index (χ0v) is 12.6. The van der Waals surface area contributed by atoms with Crippen LogP contribution < -0.4 is 5.32 Å².